The van der Waals surface area contributed by atoms with E-state index in [-0.39, 0.29) is 18.4 Å². The Morgan fingerprint density at radius 1 is 1.00 bits per heavy atom. The van der Waals surface area contributed by atoms with Crippen molar-refractivity contribution in [3.05, 3.63) is 117 Å². The molecule has 0 aliphatic heterocycles. The number of primary amides is 1. The number of benzene rings is 3. The topological polar surface area (TPSA) is 116 Å². The molecule has 7 nitrogen and oxygen atoms in total. The van der Waals surface area contributed by atoms with E-state index in [0.717, 1.165) is 38.7 Å². The summed E-state index contributed by atoms with van der Waals surface area (Å²) < 4.78 is 11.5. The van der Waals surface area contributed by atoms with Gasteiger partial charge in [0, 0.05) is 34.0 Å². The normalized spacial score (nSPS) is 12.9. The van der Waals surface area contributed by atoms with E-state index in [0.29, 0.717) is 24.4 Å². The molecule has 0 fully saturated rings. The Labute approximate surface area is 225 Å². The minimum atomic E-state index is -1.92. The monoisotopic (exact) mass is 522 g/mol. The molecule has 5 aromatic rings. The van der Waals surface area contributed by atoms with Crippen LogP contribution in [0.4, 0.5) is 0 Å². The van der Waals surface area contributed by atoms with Crippen LogP contribution in [0.15, 0.2) is 88.1 Å². The zero-order valence-electron chi connectivity index (χ0n) is 21.9. The van der Waals surface area contributed by atoms with E-state index in [4.69, 9.17) is 14.9 Å². The summed E-state index contributed by atoms with van der Waals surface area (Å²) in [6.07, 6.45) is 0.149. The number of hydrogen-bond acceptors (Lipinski definition) is 6. The molecule has 0 aliphatic carbocycles. The summed E-state index contributed by atoms with van der Waals surface area (Å²) in [4.78, 5) is 29.5. The Morgan fingerprint density at radius 2 is 1.82 bits per heavy atom. The van der Waals surface area contributed by atoms with Crippen molar-refractivity contribution >= 4 is 27.8 Å². The van der Waals surface area contributed by atoms with Crippen molar-refractivity contribution in [1.82, 2.24) is 4.98 Å². The van der Waals surface area contributed by atoms with Gasteiger partial charge in [0.25, 0.3) is 0 Å². The summed E-state index contributed by atoms with van der Waals surface area (Å²) >= 11 is 0. The minimum Gasteiger partial charge on any atom is -0.489 e. The number of nitrogens with two attached hydrogens (primary N) is 1. The molecule has 2 heterocycles. The van der Waals surface area contributed by atoms with Crippen LogP contribution in [0, 0.1) is 13.8 Å². The molecule has 0 saturated carbocycles. The van der Waals surface area contributed by atoms with Gasteiger partial charge in [0.15, 0.2) is 0 Å². The Kier molecular flexibility index (Phi) is 7.17. The predicted molar refractivity (Wildman–Crippen MR) is 151 cm³/mol. The first-order valence-corrected chi connectivity index (χ1v) is 12.8. The summed E-state index contributed by atoms with van der Waals surface area (Å²) in [5, 5.41) is 13.0. The Morgan fingerprint density at radius 3 is 2.64 bits per heavy atom. The van der Waals surface area contributed by atoms with Crippen molar-refractivity contribution in [3.63, 3.8) is 0 Å². The van der Waals surface area contributed by atoms with Gasteiger partial charge < -0.3 is 20.0 Å². The van der Waals surface area contributed by atoms with Crippen LogP contribution in [0.2, 0.25) is 0 Å². The van der Waals surface area contributed by atoms with Crippen LogP contribution in [0.1, 0.15) is 34.4 Å². The number of aromatic nitrogens is 1. The summed E-state index contributed by atoms with van der Waals surface area (Å²) in [6, 6.07) is 24.6. The van der Waals surface area contributed by atoms with Gasteiger partial charge in [-0.1, -0.05) is 42.0 Å². The van der Waals surface area contributed by atoms with Gasteiger partial charge >= 0.3 is 5.63 Å². The van der Waals surface area contributed by atoms with Gasteiger partial charge in [-0.2, -0.15) is 0 Å². The largest absolute Gasteiger partial charge is 0.489 e. The third kappa shape index (κ3) is 5.84. The molecule has 0 aliphatic rings. The standard InChI is InChI=1S/C32H30N2O5/c1-20-10-11-29-23(14-20)17-24(30(35)39-29)18-32(37,31(33)36)13-12-22-6-5-7-26(16-22)38-19-25-15-21(2)34-28-9-4-3-8-27(25)28/h3-11,14-17,37H,12-13,18-19H2,1-2H3,(H2,33,36). The number of carbonyl (C=O) groups excluding carboxylic acids is 1. The second-order valence-corrected chi connectivity index (χ2v) is 10.0. The van der Waals surface area contributed by atoms with Crippen LogP contribution in [0.3, 0.4) is 0 Å². The van der Waals surface area contributed by atoms with Crippen molar-refractivity contribution in [2.24, 2.45) is 5.73 Å². The second kappa shape index (κ2) is 10.7. The molecule has 0 radical (unpaired) electrons. The predicted octanol–water partition coefficient (Wildman–Crippen LogP) is 4.93. The average molecular weight is 523 g/mol. The highest BCUT2D eigenvalue weighted by molar-refractivity contribution is 5.84. The lowest BCUT2D eigenvalue weighted by Gasteiger charge is -2.24. The number of hydrogen-bond donors (Lipinski definition) is 2. The van der Waals surface area contributed by atoms with E-state index in [1.165, 1.54) is 0 Å². The lowest BCUT2D eigenvalue weighted by Crippen LogP contribution is -2.47. The number of nitrogens with zero attached hydrogens (tertiary/aromatic N) is 1. The SMILES string of the molecule is Cc1ccc2oc(=O)c(CC(O)(CCc3cccc(OCc4cc(C)nc5ccccc45)c3)C(N)=O)cc2c1. The lowest BCUT2D eigenvalue weighted by molar-refractivity contribution is -0.136. The number of ether oxygens (including phenoxy) is 1. The van der Waals surface area contributed by atoms with Crippen LogP contribution in [-0.2, 0) is 24.2 Å². The smallest absolute Gasteiger partial charge is 0.339 e. The molecular weight excluding hydrogens is 492 g/mol. The fraction of sp³-hybridized carbons (Fsp3) is 0.219. The van der Waals surface area contributed by atoms with Gasteiger partial charge in [-0.3, -0.25) is 9.78 Å². The van der Waals surface area contributed by atoms with Crippen molar-refractivity contribution in [1.29, 1.82) is 0 Å². The average Bonchev–Trinajstić information content (AvgIpc) is 2.91. The quantitative estimate of drug-likeness (QED) is 0.265. The fourth-order valence-corrected chi connectivity index (χ4v) is 4.84. The van der Waals surface area contributed by atoms with Gasteiger partial charge in [-0.05, 0) is 74.7 Å². The third-order valence-corrected chi connectivity index (χ3v) is 6.95. The fourth-order valence-electron chi connectivity index (χ4n) is 4.84. The Balaban J connectivity index is 1.31. The third-order valence-electron chi connectivity index (χ3n) is 6.95. The Hall–Kier alpha value is -4.49. The van der Waals surface area contributed by atoms with Gasteiger partial charge in [0.2, 0.25) is 5.91 Å². The summed E-state index contributed by atoms with van der Waals surface area (Å²) in [7, 11) is 0. The van der Waals surface area contributed by atoms with E-state index < -0.39 is 17.1 Å². The number of fused-ring (bicyclic) bond motifs is 2. The summed E-state index contributed by atoms with van der Waals surface area (Å²) in [5.41, 5.74) is 8.49. The molecule has 5 rings (SSSR count). The maximum Gasteiger partial charge on any atom is 0.339 e. The van der Waals surface area contributed by atoms with E-state index in [9.17, 15) is 14.7 Å². The van der Waals surface area contributed by atoms with Crippen LogP contribution in [0.25, 0.3) is 21.9 Å². The molecule has 0 spiro atoms. The van der Waals surface area contributed by atoms with Gasteiger partial charge in [-0.25, -0.2) is 4.79 Å². The first kappa shape index (κ1) is 26.1. The van der Waals surface area contributed by atoms with Gasteiger partial charge in [0.1, 0.15) is 23.5 Å². The van der Waals surface area contributed by atoms with Crippen molar-refractivity contribution in [3.8, 4) is 5.75 Å². The van der Waals surface area contributed by atoms with Crippen molar-refractivity contribution in [2.75, 3.05) is 0 Å². The summed E-state index contributed by atoms with van der Waals surface area (Å²) in [5.74, 6) is -0.224. The molecular formula is C32H30N2O5. The molecule has 1 atom stereocenters. The number of rotatable bonds is 9. The van der Waals surface area contributed by atoms with E-state index in [1.807, 2.05) is 80.6 Å². The first-order chi connectivity index (χ1) is 18.7. The molecule has 0 bridgehead atoms. The highest BCUT2D eigenvalue weighted by Crippen LogP contribution is 2.25. The highest BCUT2D eigenvalue weighted by Gasteiger charge is 2.35. The number of pyridine rings is 1. The van der Waals surface area contributed by atoms with Gasteiger partial charge in [0.05, 0.1) is 5.52 Å². The highest BCUT2D eigenvalue weighted by atomic mass is 16.5. The molecule has 1 unspecified atom stereocenters. The number of para-hydroxylation sites is 1. The zero-order chi connectivity index (χ0) is 27.6. The molecule has 2 aromatic heterocycles. The number of aryl methyl sites for hydroxylation is 3. The molecule has 39 heavy (non-hydrogen) atoms. The second-order valence-electron chi connectivity index (χ2n) is 10.0. The minimum absolute atomic E-state index is 0.0330. The van der Waals surface area contributed by atoms with Crippen LogP contribution < -0.4 is 16.1 Å². The molecule has 3 aromatic carbocycles. The lowest BCUT2D eigenvalue weighted by atomic mass is 9.88. The van der Waals surface area contributed by atoms with E-state index in [2.05, 4.69) is 4.98 Å². The van der Waals surface area contributed by atoms with E-state index in [1.54, 1.807) is 12.1 Å². The van der Waals surface area contributed by atoms with Gasteiger partial charge in [-0.15, -0.1) is 0 Å². The molecule has 7 heteroatoms. The van der Waals surface area contributed by atoms with Crippen LogP contribution >= 0.6 is 0 Å². The maximum atomic E-state index is 12.6. The zero-order valence-corrected chi connectivity index (χ0v) is 21.9. The number of carbonyl (C=O) groups is 1. The molecule has 0 saturated heterocycles. The Bertz CT molecular complexity index is 1740. The molecule has 1 amide bonds. The first-order valence-electron chi connectivity index (χ1n) is 12.8. The summed E-state index contributed by atoms with van der Waals surface area (Å²) in [6.45, 7) is 4.26. The molecule has 3 N–H and O–H groups in total. The number of amides is 1. The van der Waals surface area contributed by atoms with Crippen LogP contribution in [-0.4, -0.2) is 21.6 Å². The molecule has 198 valence electrons. The maximum absolute atomic E-state index is 12.6. The van der Waals surface area contributed by atoms with Crippen molar-refractivity contribution < 1.29 is 19.1 Å². The number of aliphatic hydroxyl groups is 1. The van der Waals surface area contributed by atoms with Crippen molar-refractivity contribution in [2.45, 2.75) is 45.3 Å². The van der Waals surface area contributed by atoms with Crippen LogP contribution in [0.5, 0.6) is 5.75 Å². The van der Waals surface area contributed by atoms with E-state index >= 15 is 0 Å².